The van der Waals surface area contributed by atoms with Gasteiger partial charge >= 0.3 is 0 Å². The minimum Gasteiger partial charge on any atom is -0.398 e. The average molecular weight is 431 g/mol. The van der Waals surface area contributed by atoms with Crippen LogP contribution in [0.1, 0.15) is 28.8 Å². The molecule has 2 aromatic carbocycles. The monoisotopic (exact) mass is 429 g/mol. The topological polar surface area (TPSA) is 58.4 Å². The van der Waals surface area contributed by atoms with Crippen molar-refractivity contribution >= 4 is 48.0 Å². The number of para-hydroxylation sites is 1. The Morgan fingerprint density at radius 3 is 2.37 bits per heavy atom. The molecule has 1 aliphatic heterocycles. The zero-order valence-electron chi connectivity index (χ0n) is 15.1. The minimum absolute atomic E-state index is 0. The molecular weight excluding hydrogens is 405 g/mol. The summed E-state index contributed by atoms with van der Waals surface area (Å²) < 4.78 is 0. The molecule has 0 unspecified atom stereocenters. The van der Waals surface area contributed by atoms with Crippen LogP contribution in [0.5, 0.6) is 0 Å². The molecule has 4 nitrogen and oxygen atoms in total. The van der Waals surface area contributed by atoms with Crippen molar-refractivity contribution in [2.75, 3.05) is 25.4 Å². The minimum atomic E-state index is -0.0865. The summed E-state index contributed by atoms with van der Waals surface area (Å²) >= 11 is 6.24. The molecular formula is C20H26Cl3N3O. The number of nitrogen functional groups attached to an aromatic ring is 1. The molecule has 3 N–H and O–H groups in total. The lowest BCUT2D eigenvalue weighted by Crippen LogP contribution is -2.38. The summed E-state index contributed by atoms with van der Waals surface area (Å²) in [6.45, 7) is 3.64. The molecule has 0 bridgehead atoms. The third kappa shape index (κ3) is 6.58. The molecule has 1 aliphatic rings. The maximum absolute atomic E-state index is 12.2. The second-order valence-corrected chi connectivity index (χ2v) is 7.02. The van der Waals surface area contributed by atoms with Crippen LogP contribution in [-0.4, -0.2) is 30.4 Å². The summed E-state index contributed by atoms with van der Waals surface area (Å²) in [5.41, 5.74) is 8.11. The Kier molecular flexibility index (Phi) is 9.95. The van der Waals surface area contributed by atoms with E-state index in [0.717, 1.165) is 37.5 Å². The van der Waals surface area contributed by atoms with Crippen LogP contribution in [0.4, 0.5) is 5.69 Å². The van der Waals surface area contributed by atoms with Crippen molar-refractivity contribution < 1.29 is 4.79 Å². The van der Waals surface area contributed by atoms with Crippen LogP contribution in [0.3, 0.4) is 0 Å². The van der Waals surface area contributed by atoms with Gasteiger partial charge in [0.15, 0.2) is 0 Å². The first kappa shape index (κ1) is 23.6. The van der Waals surface area contributed by atoms with Gasteiger partial charge in [-0.1, -0.05) is 41.9 Å². The first-order valence-electron chi connectivity index (χ1n) is 8.72. The number of anilines is 1. The molecule has 0 spiro atoms. The van der Waals surface area contributed by atoms with Gasteiger partial charge in [-0.3, -0.25) is 9.69 Å². The quantitative estimate of drug-likeness (QED) is 0.691. The van der Waals surface area contributed by atoms with Crippen molar-refractivity contribution in [3.8, 4) is 0 Å². The highest BCUT2D eigenvalue weighted by Gasteiger charge is 2.20. The number of hydrogen-bond acceptors (Lipinski definition) is 3. The number of carbonyl (C=O) groups excluding carboxylic acids is 1. The van der Waals surface area contributed by atoms with Crippen LogP contribution in [0.15, 0.2) is 48.5 Å². The Bertz CT molecular complexity index is 734. The normalized spacial score (nSPS) is 14.7. The predicted molar refractivity (Wildman–Crippen MR) is 117 cm³/mol. The lowest BCUT2D eigenvalue weighted by molar-refractivity contribution is 0.0936. The summed E-state index contributed by atoms with van der Waals surface area (Å²) in [7, 11) is 0. The molecule has 1 fully saturated rings. The number of piperidine rings is 1. The molecule has 0 radical (unpaired) electrons. The van der Waals surface area contributed by atoms with Gasteiger partial charge < -0.3 is 11.1 Å². The molecule has 2 aromatic rings. The van der Waals surface area contributed by atoms with Crippen molar-refractivity contribution in [1.82, 2.24) is 10.2 Å². The van der Waals surface area contributed by atoms with E-state index in [1.165, 1.54) is 5.56 Å². The molecule has 0 atom stereocenters. The number of amides is 1. The van der Waals surface area contributed by atoms with E-state index >= 15 is 0 Å². The highest BCUT2D eigenvalue weighted by atomic mass is 35.5. The first-order valence-corrected chi connectivity index (χ1v) is 9.09. The van der Waals surface area contributed by atoms with Crippen LogP contribution in [0, 0.1) is 5.92 Å². The molecule has 0 aliphatic carbocycles. The van der Waals surface area contributed by atoms with E-state index in [1.807, 2.05) is 30.3 Å². The van der Waals surface area contributed by atoms with Gasteiger partial charge in [-0.05, 0) is 55.6 Å². The van der Waals surface area contributed by atoms with Gasteiger partial charge in [0.05, 0.1) is 5.56 Å². The van der Waals surface area contributed by atoms with Gasteiger partial charge in [-0.15, -0.1) is 24.8 Å². The average Bonchev–Trinajstić information content (AvgIpc) is 2.63. The number of rotatable bonds is 5. The first-order chi connectivity index (χ1) is 12.1. The lowest BCUT2D eigenvalue weighted by atomic mass is 9.96. The van der Waals surface area contributed by atoms with Gasteiger partial charge in [0, 0.05) is 23.8 Å². The predicted octanol–water partition coefficient (Wildman–Crippen LogP) is 4.41. The number of halogens is 3. The number of carbonyl (C=O) groups is 1. The zero-order chi connectivity index (χ0) is 17.6. The van der Waals surface area contributed by atoms with Crippen LogP contribution in [0.25, 0.3) is 0 Å². The van der Waals surface area contributed by atoms with Gasteiger partial charge in [0.25, 0.3) is 5.91 Å². The molecule has 0 aromatic heterocycles. The Labute approximate surface area is 178 Å². The van der Waals surface area contributed by atoms with Gasteiger partial charge in [-0.25, -0.2) is 0 Å². The van der Waals surface area contributed by atoms with Crippen molar-refractivity contribution in [3.63, 3.8) is 0 Å². The summed E-state index contributed by atoms with van der Waals surface area (Å²) in [5.74, 6) is 0.424. The highest BCUT2D eigenvalue weighted by Crippen LogP contribution is 2.22. The van der Waals surface area contributed by atoms with E-state index in [9.17, 15) is 4.79 Å². The largest absolute Gasteiger partial charge is 0.398 e. The summed E-state index contributed by atoms with van der Waals surface area (Å²) in [5, 5.41) is 3.86. The second kappa shape index (κ2) is 11.4. The Morgan fingerprint density at radius 2 is 1.70 bits per heavy atom. The number of benzene rings is 2. The van der Waals surface area contributed by atoms with Gasteiger partial charge in [0.1, 0.15) is 0 Å². The molecule has 1 saturated heterocycles. The van der Waals surface area contributed by atoms with Crippen molar-refractivity contribution in [3.05, 3.63) is 64.7 Å². The SMILES string of the molecule is Cl.Cl.Nc1ccccc1C(=O)NCC1CCN(Cc2ccccc2Cl)CC1. The molecule has 3 rings (SSSR count). The third-order valence-corrected chi connectivity index (χ3v) is 5.18. The maximum atomic E-state index is 12.2. The highest BCUT2D eigenvalue weighted by molar-refractivity contribution is 6.31. The molecule has 7 heteroatoms. The molecule has 1 amide bonds. The zero-order valence-corrected chi connectivity index (χ0v) is 17.5. The second-order valence-electron chi connectivity index (χ2n) is 6.61. The van der Waals surface area contributed by atoms with E-state index < -0.39 is 0 Å². The maximum Gasteiger partial charge on any atom is 0.253 e. The Balaban J connectivity index is 0.00000182. The van der Waals surface area contributed by atoms with E-state index in [0.29, 0.717) is 23.7 Å². The fourth-order valence-electron chi connectivity index (χ4n) is 3.25. The third-order valence-electron chi connectivity index (χ3n) is 4.82. The number of likely N-dealkylation sites (tertiary alicyclic amines) is 1. The van der Waals surface area contributed by atoms with E-state index in [1.54, 1.807) is 12.1 Å². The van der Waals surface area contributed by atoms with Gasteiger partial charge in [-0.2, -0.15) is 0 Å². The van der Waals surface area contributed by atoms with Crippen molar-refractivity contribution in [2.24, 2.45) is 5.92 Å². The molecule has 1 heterocycles. The summed E-state index contributed by atoms with van der Waals surface area (Å²) in [6, 6.07) is 15.2. The Morgan fingerprint density at radius 1 is 1.07 bits per heavy atom. The number of nitrogens with two attached hydrogens (primary N) is 1. The smallest absolute Gasteiger partial charge is 0.253 e. The van der Waals surface area contributed by atoms with Gasteiger partial charge in [0.2, 0.25) is 0 Å². The van der Waals surface area contributed by atoms with Crippen molar-refractivity contribution in [1.29, 1.82) is 0 Å². The number of nitrogens with zero attached hydrogens (tertiary/aromatic N) is 1. The Hall–Kier alpha value is -1.46. The van der Waals surface area contributed by atoms with Crippen LogP contribution in [-0.2, 0) is 6.54 Å². The van der Waals surface area contributed by atoms with Crippen LogP contribution in [0.2, 0.25) is 5.02 Å². The number of nitrogens with one attached hydrogen (secondary N) is 1. The van der Waals surface area contributed by atoms with E-state index in [-0.39, 0.29) is 30.7 Å². The number of hydrogen-bond donors (Lipinski definition) is 2. The van der Waals surface area contributed by atoms with E-state index in [2.05, 4.69) is 16.3 Å². The summed E-state index contributed by atoms with van der Waals surface area (Å²) in [4.78, 5) is 14.7. The molecule has 148 valence electrons. The molecule has 0 saturated carbocycles. The summed E-state index contributed by atoms with van der Waals surface area (Å²) in [6.07, 6.45) is 2.16. The lowest BCUT2D eigenvalue weighted by Gasteiger charge is -2.32. The van der Waals surface area contributed by atoms with Crippen molar-refractivity contribution in [2.45, 2.75) is 19.4 Å². The van der Waals surface area contributed by atoms with Crippen LogP contribution < -0.4 is 11.1 Å². The van der Waals surface area contributed by atoms with Crippen LogP contribution >= 0.6 is 36.4 Å². The standard InChI is InChI=1S/C20H24ClN3O.2ClH/c21-18-7-3-1-5-16(18)14-24-11-9-15(10-12-24)13-23-20(25)17-6-2-4-8-19(17)22;;/h1-8,15H,9-14,22H2,(H,23,25);2*1H. The van der Waals surface area contributed by atoms with E-state index in [4.69, 9.17) is 17.3 Å². The fourth-order valence-corrected chi connectivity index (χ4v) is 3.45. The molecule has 27 heavy (non-hydrogen) atoms. The fraction of sp³-hybridized carbons (Fsp3) is 0.350.